The van der Waals surface area contributed by atoms with Gasteiger partial charge < -0.3 is 5.32 Å². The molecule has 0 aromatic carbocycles. The molecule has 0 saturated heterocycles. The van der Waals surface area contributed by atoms with Gasteiger partial charge in [-0.05, 0) is 30.5 Å². The van der Waals surface area contributed by atoms with Crippen LogP contribution < -0.4 is 5.32 Å². The molecule has 0 bridgehead atoms. The van der Waals surface area contributed by atoms with Crippen molar-refractivity contribution in [3.05, 3.63) is 50.9 Å². The van der Waals surface area contributed by atoms with Gasteiger partial charge in [-0.15, -0.1) is 11.3 Å². The van der Waals surface area contributed by atoms with Gasteiger partial charge in [-0.2, -0.15) is 0 Å². The normalized spacial score (nSPS) is 11.4. The fourth-order valence-electron chi connectivity index (χ4n) is 1.91. The minimum Gasteiger partial charge on any atom is -0.351 e. The number of pyridine rings is 1. The van der Waals surface area contributed by atoms with Crippen molar-refractivity contribution in [2.75, 3.05) is 6.54 Å². The molecule has 20 heavy (non-hydrogen) atoms. The molecular formula is C15H17ClN2OS. The lowest BCUT2D eigenvalue weighted by atomic mass is 9.91. The lowest BCUT2D eigenvalue weighted by Crippen LogP contribution is -2.36. The molecule has 3 nitrogen and oxygen atoms in total. The maximum Gasteiger partial charge on any atom is 0.251 e. The second-order valence-electron chi connectivity index (χ2n) is 5.36. The molecule has 0 spiro atoms. The molecule has 2 rings (SSSR count). The second-order valence-corrected chi connectivity index (χ2v) is 6.70. The molecule has 1 N–H and O–H groups in total. The van der Waals surface area contributed by atoms with Gasteiger partial charge in [0, 0.05) is 28.1 Å². The molecule has 0 atom stereocenters. The van der Waals surface area contributed by atoms with Gasteiger partial charge in [-0.3, -0.25) is 4.79 Å². The Morgan fingerprint density at radius 3 is 2.80 bits per heavy atom. The first-order chi connectivity index (χ1) is 9.38. The summed E-state index contributed by atoms with van der Waals surface area (Å²) in [6, 6.07) is 7.43. The summed E-state index contributed by atoms with van der Waals surface area (Å²) in [5.74, 6) is -0.123. The summed E-state index contributed by atoms with van der Waals surface area (Å²) in [6.45, 7) is 6.62. The number of halogens is 1. The average Bonchev–Trinajstić information content (AvgIpc) is 2.89. The Balaban J connectivity index is 2.05. The van der Waals surface area contributed by atoms with Crippen molar-refractivity contribution in [2.24, 2.45) is 0 Å². The molecule has 2 aromatic rings. The van der Waals surface area contributed by atoms with Gasteiger partial charge in [0.15, 0.2) is 0 Å². The zero-order chi connectivity index (χ0) is 14.8. The van der Waals surface area contributed by atoms with E-state index in [2.05, 4.69) is 30.2 Å². The first-order valence-electron chi connectivity index (χ1n) is 6.35. The molecule has 1 amide bonds. The minimum atomic E-state index is -0.123. The molecule has 106 valence electrons. The van der Waals surface area contributed by atoms with Crippen LogP contribution in [0.15, 0.2) is 29.6 Å². The highest BCUT2D eigenvalue weighted by Gasteiger charge is 2.22. The number of nitrogens with zero attached hydrogens (tertiary/aromatic N) is 1. The number of aryl methyl sites for hydroxylation is 1. The number of hydrogen-bond donors (Lipinski definition) is 1. The molecular weight excluding hydrogens is 292 g/mol. The number of hydrogen-bond acceptors (Lipinski definition) is 3. The minimum absolute atomic E-state index is 0.0876. The van der Waals surface area contributed by atoms with Crippen molar-refractivity contribution in [1.82, 2.24) is 10.3 Å². The van der Waals surface area contributed by atoms with Crippen LogP contribution in [0, 0.1) is 6.92 Å². The molecule has 5 heteroatoms. The average molecular weight is 309 g/mol. The third-order valence-corrected chi connectivity index (χ3v) is 4.49. The van der Waals surface area contributed by atoms with Crippen molar-refractivity contribution in [3.8, 4) is 0 Å². The number of amides is 1. The number of carbonyl (C=O) groups excluding carboxylic acids is 1. The van der Waals surface area contributed by atoms with Crippen molar-refractivity contribution in [1.29, 1.82) is 0 Å². The van der Waals surface area contributed by atoms with Gasteiger partial charge in [-0.1, -0.05) is 31.5 Å². The molecule has 0 aliphatic carbocycles. The van der Waals surface area contributed by atoms with Gasteiger partial charge in [-0.25, -0.2) is 4.98 Å². The Labute approximate surface area is 128 Å². The van der Waals surface area contributed by atoms with E-state index in [1.54, 1.807) is 23.5 Å². The quantitative estimate of drug-likeness (QED) is 0.873. The van der Waals surface area contributed by atoms with E-state index >= 15 is 0 Å². The second kappa shape index (κ2) is 5.94. The fraction of sp³-hybridized carbons (Fsp3) is 0.333. The Hall–Kier alpha value is -1.39. The Bertz CT molecular complexity index is 588. The van der Waals surface area contributed by atoms with Crippen LogP contribution in [0.4, 0.5) is 0 Å². The topological polar surface area (TPSA) is 42.0 Å². The summed E-state index contributed by atoms with van der Waals surface area (Å²) in [6.07, 6.45) is 0. The van der Waals surface area contributed by atoms with Gasteiger partial charge in [0.25, 0.3) is 5.91 Å². The molecule has 0 unspecified atom stereocenters. The van der Waals surface area contributed by atoms with E-state index in [4.69, 9.17) is 11.6 Å². The van der Waals surface area contributed by atoms with Crippen molar-refractivity contribution in [3.63, 3.8) is 0 Å². The molecule has 0 saturated carbocycles. The zero-order valence-corrected chi connectivity index (χ0v) is 13.3. The van der Waals surface area contributed by atoms with Gasteiger partial charge >= 0.3 is 0 Å². The Morgan fingerprint density at radius 1 is 1.45 bits per heavy atom. The predicted octanol–water partition coefficient (Wildman–Crippen LogP) is 3.81. The third-order valence-electron chi connectivity index (χ3n) is 3.06. The summed E-state index contributed by atoms with van der Waals surface area (Å²) in [5.41, 5.74) is 1.19. The SMILES string of the molecule is Cc1cc(C(=O)NCC(C)(C)c2cccs2)cc(Cl)n1. The van der Waals surface area contributed by atoms with E-state index in [0.29, 0.717) is 17.3 Å². The summed E-state index contributed by atoms with van der Waals surface area (Å²) in [7, 11) is 0. The maximum absolute atomic E-state index is 12.2. The smallest absolute Gasteiger partial charge is 0.251 e. The highest BCUT2D eigenvalue weighted by atomic mass is 35.5. The van der Waals surface area contributed by atoms with E-state index in [9.17, 15) is 4.79 Å². The van der Waals surface area contributed by atoms with Crippen LogP contribution in [-0.4, -0.2) is 17.4 Å². The number of aromatic nitrogens is 1. The summed E-state index contributed by atoms with van der Waals surface area (Å²) in [5, 5.41) is 5.35. The van der Waals surface area contributed by atoms with Crippen LogP contribution >= 0.6 is 22.9 Å². The highest BCUT2D eigenvalue weighted by Crippen LogP contribution is 2.26. The highest BCUT2D eigenvalue weighted by molar-refractivity contribution is 7.10. The van der Waals surface area contributed by atoms with Gasteiger partial charge in [0.2, 0.25) is 0 Å². The Morgan fingerprint density at radius 2 is 2.20 bits per heavy atom. The Kier molecular flexibility index (Phi) is 4.45. The van der Waals surface area contributed by atoms with E-state index in [1.807, 2.05) is 18.4 Å². The number of rotatable bonds is 4. The van der Waals surface area contributed by atoms with Crippen LogP contribution in [0.3, 0.4) is 0 Å². The maximum atomic E-state index is 12.2. The van der Waals surface area contributed by atoms with E-state index < -0.39 is 0 Å². The van der Waals surface area contributed by atoms with Crippen LogP contribution in [-0.2, 0) is 5.41 Å². The monoisotopic (exact) mass is 308 g/mol. The van der Waals surface area contributed by atoms with Crippen LogP contribution in [0.25, 0.3) is 0 Å². The number of nitrogens with one attached hydrogen (secondary N) is 1. The van der Waals surface area contributed by atoms with E-state index in [-0.39, 0.29) is 11.3 Å². The standard InChI is InChI=1S/C15H17ClN2OS/c1-10-7-11(8-13(16)18-10)14(19)17-9-15(2,3)12-5-4-6-20-12/h4-8H,9H2,1-3H3,(H,17,19). The van der Waals surface area contributed by atoms with Crippen molar-refractivity contribution in [2.45, 2.75) is 26.2 Å². The lowest BCUT2D eigenvalue weighted by Gasteiger charge is -2.23. The molecule has 0 fully saturated rings. The van der Waals surface area contributed by atoms with E-state index in [1.165, 1.54) is 4.88 Å². The van der Waals surface area contributed by atoms with E-state index in [0.717, 1.165) is 5.69 Å². The first-order valence-corrected chi connectivity index (χ1v) is 7.60. The number of carbonyl (C=O) groups is 1. The van der Waals surface area contributed by atoms with Crippen LogP contribution in [0.1, 0.15) is 34.8 Å². The fourth-order valence-corrected chi connectivity index (χ4v) is 3.02. The summed E-state index contributed by atoms with van der Waals surface area (Å²) in [4.78, 5) is 17.5. The number of thiophene rings is 1. The van der Waals surface area contributed by atoms with Gasteiger partial charge in [0.05, 0.1) is 0 Å². The van der Waals surface area contributed by atoms with Crippen LogP contribution in [0.2, 0.25) is 5.15 Å². The molecule has 0 aliphatic rings. The zero-order valence-electron chi connectivity index (χ0n) is 11.7. The molecule has 2 heterocycles. The molecule has 0 aliphatic heterocycles. The first kappa shape index (κ1) is 15.0. The lowest BCUT2D eigenvalue weighted by molar-refractivity contribution is 0.0945. The predicted molar refractivity (Wildman–Crippen MR) is 83.7 cm³/mol. The molecule has 0 radical (unpaired) electrons. The van der Waals surface area contributed by atoms with Crippen molar-refractivity contribution >= 4 is 28.8 Å². The third kappa shape index (κ3) is 3.58. The largest absolute Gasteiger partial charge is 0.351 e. The van der Waals surface area contributed by atoms with Gasteiger partial charge in [0.1, 0.15) is 5.15 Å². The van der Waals surface area contributed by atoms with Crippen LogP contribution in [0.5, 0.6) is 0 Å². The summed E-state index contributed by atoms with van der Waals surface area (Å²) >= 11 is 7.58. The molecule has 2 aromatic heterocycles. The van der Waals surface area contributed by atoms with Crippen molar-refractivity contribution < 1.29 is 4.79 Å². The summed E-state index contributed by atoms with van der Waals surface area (Å²) < 4.78 is 0.